The molecule has 0 spiro atoms. The number of thiazole rings is 1. The number of nitrogen functional groups attached to an aromatic ring is 1. The third-order valence-electron chi connectivity index (χ3n) is 4.02. The highest BCUT2D eigenvalue weighted by molar-refractivity contribution is 7.15. The molecule has 1 amide bonds. The normalized spacial score (nSPS) is 17.3. The minimum Gasteiger partial charge on any atom is -0.478 e. The van der Waals surface area contributed by atoms with E-state index in [0.717, 1.165) is 27.6 Å². The van der Waals surface area contributed by atoms with E-state index in [-0.39, 0.29) is 11.8 Å². The van der Waals surface area contributed by atoms with Gasteiger partial charge in [0.05, 0.1) is 11.4 Å². The zero-order valence-electron chi connectivity index (χ0n) is 13.8. The van der Waals surface area contributed by atoms with Gasteiger partial charge in [0.1, 0.15) is 5.75 Å². The Morgan fingerprint density at radius 3 is 2.74 bits per heavy atom. The van der Waals surface area contributed by atoms with Gasteiger partial charge in [0.2, 0.25) is 0 Å². The molecule has 1 unspecified atom stereocenters. The quantitative estimate of drug-likeness (QED) is 0.935. The van der Waals surface area contributed by atoms with Gasteiger partial charge in [-0.05, 0) is 38.0 Å². The molecule has 23 heavy (non-hydrogen) atoms. The van der Waals surface area contributed by atoms with Gasteiger partial charge in [-0.15, -0.1) is 11.3 Å². The van der Waals surface area contributed by atoms with E-state index in [1.807, 2.05) is 45.9 Å². The summed E-state index contributed by atoms with van der Waals surface area (Å²) in [6.07, 6.45) is -0.426. The number of carbonyl (C=O) groups is 1. The van der Waals surface area contributed by atoms with Gasteiger partial charge in [-0.25, -0.2) is 4.98 Å². The van der Waals surface area contributed by atoms with Gasteiger partial charge in [-0.3, -0.25) is 4.79 Å². The summed E-state index contributed by atoms with van der Waals surface area (Å²) in [7, 11) is 0. The number of aromatic nitrogens is 1. The summed E-state index contributed by atoms with van der Waals surface area (Å²) < 4.78 is 5.93. The number of carbonyl (C=O) groups excluding carboxylic acids is 1. The molecule has 5 nitrogen and oxygen atoms in total. The van der Waals surface area contributed by atoms with Crippen molar-refractivity contribution in [2.75, 3.05) is 17.2 Å². The number of rotatable bonds is 3. The van der Waals surface area contributed by atoms with Gasteiger partial charge < -0.3 is 15.4 Å². The minimum atomic E-state index is -0.426. The zero-order valence-corrected chi connectivity index (χ0v) is 14.6. The van der Waals surface area contributed by atoms with Crippen molar-refractivity contribution in [1.29, 1.82) is 0 Å². The number of nitrogens with two attached hydrogens (primary N) is 1. The van der Waals surface area contributed by atoms with Crippen LogP contribution >= 0.6 is 11.3 Å². The predicted molar refractivity (Wildman–Crippen MR) is 94.0 cm³/mol. The van der Waals surface area contributed by atoms with Crippen LogP contribution in [0.4, 0.5) is 10.8 Å². The maximum Gasteiger partial charge on any atom is 0.268 e. The summed E-state index contributed by atoms with van der Waals surface area (Å²) in [5.74, 6) is 0.890. The van der Waals surface area contributed by atoms with Crippen LogP contribution in [0.15, 0.2) is 18.2 Å². The number of nitrogens with zero attached hydrogens (tertiary/aromatic N) is 2. The second-order valence-electron chi connectivity index (χ2n) is 6.00. The molecule has 2 heterocycles. The van der Waals surface area contributed by atoms with Crippen LogP contribution in [0.1, 0.15) is 25.6 Å². The van der Waals surface area contributed by atoms with E-state index in [2.05, 4.69) is 4.98 Å². The van der Waals surface area contributed by atoms with Crippen LogP contribution in [0.2, 0.25) is 0 Å². The fraction of sp³-hybridized carbons (Fsp3) is 0.412. The number of likely N-dealkylation sites (N-methyl/N-ethyl adjacent to an activating group) is 1. The van der Waals surface area contributed by atoms with Gasteiger partial charge in [0.25, 0.3) is 5.91 Å². The molecule has 122 valence electrons. The fourth-order valence-corrected chi connectivity index (χ4v) is 3.58. The first-order valence-electron chi connectivity index (χ1n) is 7.77. The Bertz CT molecular complexity index is 754. The molecular weight excluding hydrogens is 310 g/mol. The van der Waals surface area contributed by atoms with Gasteiger partial charge >= 0.3 is 0 Å². The molecule has 2 aromatic rings. The van der Waals surface area contributed by atoms with E-state index < -0.39 is 6.10 Å². The standard InChI is InChI=1S/C17H21N3O2S/c1-5-20-12-8-11(14-10(4)23-17(18)19-14)6-7-13(12)22-15(9(2)3)16(20)21/h6-9,15H,5H2,1-4H3,(H2,18,19). The van der Waals surface area contributed by atoms with E-state index in [4.69, 9.17) is 10.5 Å². The second kappa shape index (κ2) is 5.85. The summed E-state index contributed by atoms with van der Waals surface area (Å²) in [4.78, 5) is 19.9. The summed E-state index contributed by atoms with van der Waals surface area (Å²) in [6.45, 7) is 8.58. The fourth-order valence-electron chi connectivity index (χ4n) is 2.87. The maximum atomic E-state index is 12.6. The molecule has 0 saturated heterocycles. The Hall–Kier alpha value is -2.08. The number of ether oxygens (including phenoxy) is 1. The Morgan fingerprint density at radius 1 is 1.43 bits per heavy atom. The number of fused-ring (bicyclic) bond motifs is 1. The summed E-state index contributed by atoms with van der Waals surface area (Å²) in [6, 6.07) is 5.86. The van der Waals surface area contributed by atoms with Gasteiger partial charge in [0, 0.05) is 17.0 Å². The largest absolute Gasteiger partial charge is 0.478 e. The first-order valence-corrected chi connectivity index (χ1v) is 8.59. The first kappa shape index (κ1) is 15.8. The molecule has 0 bridgehead atoms. The van der Waals surface area contributed by atoms with Crippen molar-refractivity contribution in [3.63, 3.8) is 0 Å². The van der Waals surface area contributed by atoms with Crippen molar-refractivity contribution in [3.8, 4) is 17.0 Å². The zero-order chi connectivity index (χ0) is 16.7. The van der Waals surface area contributed by atoms with E-state index in [9.17, 15) is 4.79 Å². The highest BCUT2D eigenvalue weighted by atomic mass is 32.1. The molecular formula is C17H21N3O2S. The molecule has 1 aliphatic heterocycles. The number of anilines is 2. The van der Waals surface area contributed by atoms with Crippen molar-refractivity contribution in [2.45, 2.75) is 33.8 Å². The van der Waals surface area contributed by atoms with Gasteiger partial charge in [-0.2, -0.15) is 0 Å². The van der Waals surface area contributed by atoms with Crippen molar-refractivity contribution < 1.29 is 9.53 Å². The highest BCUT2D eigenvalue weighted by Gasteiger charge is 2.35. The molecule has 0 fully saturated rings. The van der Waals surface area contributed by atoms with E-state index in [1.54, 1.807) is 4.90 Å². The third-order valence-corrected chi connectivity index (χ3v) is 4.82. The summed E-state index contributed by atoms with van der Waals surface area (Å²) >= 11 is 1.47. The lowest BCUT2D eigenvalue weighted by molar-refractivity contribution is -0.128. The highest BCUT2D eigenvalue weighted by Crippen LogP contribution is 2.39. The first-order chi connectivity index (χ1) is 10.9. The molecule has 0 aliphatic carbocycles. The number of amides is 1. The Kier molecular flexibility index (Phi) is 4.02. The van der Waals surface area contributed by atoms with E-state index in [0.29, 0.717) is 11.7 Å². The predicted octanol–water partition coefficient (Wildman–Crippen LogP) is 3.47. The summed E-state index contributed by atoms with van der Waals surface area (Å²) in [5.41, 5.74) is 8.42. The van der Waals surface area contributed by atoms with Gasteiger partial charge in [0.15, 0.2) is 11.2 Å². The Morgan fingerprint density at radius 2 is 2.17 bits per heavy atom. The van der Waals surface area contributed by atoms with Crippen LogP contribution in [0.3, 0.4) is 0 Å². The van der Waals surface area contributed by atoms with Gasteiger partial charge in [-0.1, -0.05) is 13.8 Å². The summed E-state index contributed by atoms with van der Waals surface area (Å²) in [5, 5.41) is 0.551. The van der Waals surface area contributed by atoms with Crippen molar-refractivity contribution in [1.82, 2.24) is 4.98 Å². The SMILES string of the molecule is CCN1C(=O)C(C(C)C)Oc2ccc(-c3nc(N)sc3C)cc21. The van der Waals surface area contributed by atoms with Crippen molar-refractivity contribution in [3.05, 3.63) is 23.1 Å². The molecule has 1 aromatic heterocycles. The molecule has 1 aromatic carbocycles. The van der Waals surface area contributed by atoms with Crippen LogP contribution in [0.5, 0.6) is 5.75 Å². The third kappa shape index (κ3) is 2.67. The number of benzene rings is 1. The lowest BCUT2D eigenvalue weighted by Crippen LogP contribution is -2.48. The topological polar surface area (TPSA) is 68.5 Å². The lowest BCUT2D eigenvalue weighted by Gasteiger charge is -2.35. The second-order valence-corrected chi connectivity index (χ2v) is 7.24. The van der Waals surface area contributed by atoms with Crippen molar-refractivity contribution in [2.24, 2.45) is 5.92 Å². The van der Waals surface area contributed by atoms with Crippen LogP contribution in [-0.4, -0.2) is 23.5 Å². The van der Waals surface area contributed by atoms with Crippen LogP contribution in [-0.2, 0) is 4.79 Å². The molecule has 6 heteroatoms. The van der Waals surface area contributed by atoms with Crippen LogP contribution in [0.25, 0.3) is 11.3 Å². The smallest absolute Gasteiger partial charge is 0.268 e. The molecule has 1 aliphatic rings. The lowest BCUT2D eigenvalue weighted by atomic mass is 10.0. The average molecular weight is 331 g/mol. The van der Waals surface area contributed by atoms with Crippen LogP contribution in [0, 0.1) is 12.8 Å². The molecule has 2 N–H and O–H groups in total. The average Bonchev–Trinajstić information content (AvgIpc) is 2.84. The minimum absolute atomic E-state index is 0.0154. The molecule has 3 rings (SSSR count). The Balaban J connectivity index is 2.07. The maximum absolute atomic E-state index is 12.6. The molecule has 0 saturated carbocycles. The molecule has 1 atom stereocenters. The van der Waals surface area contributed by atoms with E-state index >= 15 is 0 Å². The van der Waals surface area contributed by atoms with Crippen molar-refractivity contribution >= 4 is 28.1 Å². The monoisotopic (exact) mass is 331 g/mol. The number of hydrogen-bond donors (Lipinski definition) is 1. The number of hydrogen-bond acceptors (Lipinski definition) is 5. The number of aryl methyl sites for hydroxylation is 1. The van der Waals surface area contributed by atoms with Crippen LogP contribution < -0.4 is 15.4 Å². The Labute approximate surface area is 140 Å². The van der Waals surface area contributed by atoms with E-state index in [1.165, 1.54) is 11.3 Å². The molecule has 0 radical (unpaired) electrons.